The molecule has 1 atom stereocenters. The number of rotatable bonds is 7. The number of nitrogens with zero attached hydrogens (tertiary/aromatic N) is 1. The average Bonchev–Trinajstić information content (AvgIpc) is 2.48. The van der Waals surface area contributed by atoms with E-state index in [1.165, 1.54) is 11.1 Å². The molecule has 112 valence electrons. The third-order valence-electron chi connectivity index (χ3n) is 3.27. The Morgan fingerprint density at radius 3 is 2.62 bits per heavy atom. The van der Waals surface area contributed by atoms with Crippen LogP contribution in [0.3, 0.4) is 0 Å². The maximum atomic E-state index is 5.95. The van der Waals surface area contributed by atoms with Crippen LogP contribution in [0.1, 0.15) is 37.9 Å². The van der Waals surface area contributed by atoms with Crippen molar-refractivity contribution in [2.75, 3.05) is 6.54 Å². The molecule has 0 saturated heterocycles. The van der Waals surface area contributed by atoms with Crippen molar-refractivity contribution in [1.29, 1.82) is 0 Å². The van der Waals surface area contributed by atoms with Crippen LogP contribution in [0.25, 0.3) is 0 Å². The van der Waals surface area contributed by atoms with Gasteiger partial charge in [-0.1, -0.05) is 31.2 Å². The van der Waals surface area contributed by atoms with Gasteiger partial charge in [0.2, 0.25) is 0 Å². The summed E-state index contributed by atoms with van der Waals surface area (Å²) in [6.07, 6.45) is 4.81. The molecule has 0 amide bonds. The number of likely N-dealkylation sites (N-methyl/N-ethyl adjacent to an activating group) is 1. The maximum Gasteiger partial charge on any atom is 0.124 e. The number of ether oxygens (including phenoxy) is 1. The highest BCUT2D eigenvalue weighted by Crippen LogP contribution is 2.28. The maximum absolute atomic E-state index is 5.95. The Bertz CT molecular complexity index is 540. The Morgan fingerprint density at radius 1 is 1.14 bits per heavy atom. The second-order valence-corrected chi connectivity index (χ2v) is 5.38. The first-order valence-corrected chi connectivity index (χ1v) is 7.58. The van der Waals surface area contributed by atoms with Gasteiger partial charge in [0.15, 0.2) is 0 Å². The Kier molecular flexibility index (Phi) is 5.76. The SMILES string of the molecule is CCNC(Cc1cccnc1)c1ccccc1OC(C)C. The minimum atomic E-state index is 0.173. The lowest BCUT2D eigenvalue weighted by molar-refractivity contribution is 0.237. The largest absolute Gasteiger partial charge is 0.491 e. The van der Waals surface area contributed by atoms with Crippen molar-refractivity contribution in [3.8, 4) is 5.75 Å². The molecule has 1 aromatic heterocycles. The minimum absolute atomic E-state index is 0.173. The molecule has 3 nitrogen and oxygen atoms in total. The van der Waals surface area contributed by atoms with Crippen LogP contribution in [0.2, 0.25) is 0 Å². The smallest absolute Gasteiger partial charge is 0.124 e. The van der Waals surface area contributed by atoms with E-state index in [9.17, 15) is 0 Å². The molecule has 0 saturated carbocycles. The molecule has 1 heterocycles. The van der Waals surface area contributed by atoms with Crippen LogP contribution in [0, 0.1) is 0 Å². The highest BCUT2D eigenvalue weighted by Gasteiger charge is 2.16. The minimum Gasteiger partial charge on any atom is -0.491 e. The second-order valence-electron chi connectivity index (χ2n) is 5.38. The number of hydrogen-bond acceptors (Lipinski definition) is 3. The highest BCUT2D eigenvalue weighted by molar-refractivity contribution is 5.37. The molecule has 0 aliphatic rings. The summed E-state index contributed by atoms with van der Waals surface area (Å²) >= 11 is 0. The van der Waals surface area contributed by atoms with Gasteiger partial charge in [0.25, 0.3) is 0 Å². The van der Waals surface area contributed by atoms with E-state index in [0.29, 0.717) is 0 Å². The van der Waals surface area contributed by atoms with Gasteiger partial charge in [-0.25, -0.2) is 0 Å². The second kappa shape index (κ2) is 7.79. The van der Waals surface area contributed by atoms with Gasteiger partial charge in [0.05, 0.1) is 6.10 Å². The molecule has 1 N–H and O–H groups in total. The van der Waals surface area contributed by atoms with Crippen molar-refractivity contribution in [1.82, 2.24) is 10.3 Å². The Balaban J connectivity index is 2.25. The zero-order valence-corrected chi connectivity index (χ0v) is 13.0. The van der Waals surface area contributed by atoms with E-state index in [-0.39, 0.29) is 12.1 Å². The normalized spacial score (nSPS) is 12.4. The van der Waals surface area contributed by atoms with Crippen LogP contribution in [0.15, 0.2) is 48.8 Å². The molecular weight excluding hydrogens is 260 g/mol. The first-order chi connectivity index (χ1) is 10.2. The van der Waals surface area contributed by atoms with Crippen molar-refractivity contribution in [2.24, 2.45) is 0 Å². The topological polar surface area (TPSA) is 34.2 Å². The van der Waals surface area contributed by atoms with Crippen molar-refractivity contribution in [3.63, 3.8) is 0 Å². The van der Waals surface area contributed by atoms with Crippen LogP contribution < -0.4 is 10.1 Å². The Hall–Kier alpha value is -1.87. The Morgan fingerprint density at radius 2 is 1.95 bits per heavy atom. The molecule has 0 bridgehead atoms. The summed E-state index contributed by atoms with van der Waals surface area (Å²) in [7, 11) is 0. The highest BCUT2D eigenvalue weighted by atomic mass is 16.5. The molecule has 1 aromatic carbocycles. The van der Waals surface area contributed by atoms with Crippen molar-refractivity contribution >= 4 is 0 Å². The average molecular weight is 284 g/mol. The van der Waals surface area contributed by atoms with Gasteiger partial charge < -0.3 is 10.1 Å². The fraction of sp³-hybridized carbons (Fsp3) is 0.389. The fourth-order valence-corrected chi connectivity index (χ4v) is 2.42. The molecule has 2 rings (SSSR count). The predicted molar refractivity (Wildman–Crippen MR) is 86.6 cm³/mol. The van der Waals surface area contributed by atoms with Crippen molar-refractivity contribution < 1.29 is 4.74 Å². The van der Waals surface area contributed by atoms with E-state index in [1.807, 2.05) is 30.6 Å². The van der Waals surface area contributed by atoms with Crippen LogP contribution in [-0.4, -0.2) is 17.6 Å². The van der Waals surface area contributed by atoms with Crippen LogP contribution in [-0.2, 0) is 6.42 Å². The van der Waals surface area contributed by atoms with Crippen LogP contribution >= 0.6 is 0 Å². The molecule has 3 heteroatoms. The number of hydrogen-bond donors (Lipinski definition) is 1. The molecule has 0 spiro atoms. The zero-order valence-electron chi connectivity index (χ0n) is 13.0. The molecule has 0 aliphatic heterocycles. The molecule has 0 radical (unpaired) electrons. The van der Waals surface area contributed by atoms with Gasteiger partial charge in [0, 0.05) is 24.0 Å². The molecule has 0 fully saturated rings. The fourth-order valence-electron chi connectivity index (χ4n) is 2.42. The number of aromatic nitrogens is 1. The van der Waals surface area contributed by atoms with E-state index in [1.54, 1.807) is 0 Å². The molecule has 21 heavy (non-hydrogen) atoms. The van der Waals surface area contributed by atoms with Gasteiger partial charge >= 0.3 is 0 Å². The summed E-state index contributed by atoms with van der Waals surface area (Å²) in [5.41, 5.74) is 2.43. The summed E-state index contributed by atoms with van der Waals surface area (Å²) in [6, 6.07) is 12.6. The van der Waals surface area contributed by atoms with E-state index in [4.69, 9.17) is 4.74 Å². The van der Waals surface area contributed by atoms with Gasteiger partial charge in [0.1, 0.15) is 5.75 Å². The molecule has 0 aliphatic carbocycles. The molecular formula is C18H24N2O. The Labute approximate surface area is 127 Å². The van der Waals surface area contributed by atoms with Crippen LogP contribution in [0.4, 0.5) is 0 Å². The van der Waals surface area contributed by atoms with E-state index < -0.39 is 0 Å². The lowest BCUT2D eigenvalue weighted by Gasteiger charge is -2.22. The van der Waals surface area contributed by atoms with Crippen molar-refractivity contribution in [3.05, 3.63) is 59.9 Å². The molecule has 1 unspecified atom stereocenters. The standard InChI is InChI=1S/C18H24N2O/c1-4-20-17(12-15-8-7-11-19-13-15)16-9-5-6-10-18(16)21-14(2)3/h5-11,13-14,17,20H,4,12H2,1-3H3. The first kappa shape index (κ1) is 15.5. The summed E-state index contributed by atoms with van der Waals surface area (Å²) in [5.74, 6) is 0.961. The quantitative estimate of drug-likeness (QED) is 0.840. The number of benzene rings is 1. The van der Waals surface area contributed by atoms with E-state index >= 15 is 0 Å². The first-order valence-electron chi connectivity index (χ1n) is 7.58. The summed E-state index contributed by atoms with van der Waals surface area (Å²) in [4.78, 5) is 4.20. The van der Waals surface area contributed by atoms with Gasteiger partial charge in [-0.05, 0) is 44.5 Å². The third-order valence-corrected chi connectivity index (χ3v) is 3.27. The lowest BCUT2D eigenvalue weighted by atomic mass is 9.99. The van der Waals surface area contributed by atoms with Crippen molar-refractivity contribution in [2.45, 2.75) is 39.3 Å². The number of para-hydroxylation sites is 1. The summed E-state index contributed by atoms with van der Waals surface area (Å²) in [6.45, 7) is 7.16. The molecule has 2 aromatic rings. The number of pyridine rings is 1. The monoisotopic (exact) mass is 284 g/mol. The van der Waals surface area contributed by atoms with Gasteiger partial charge in [-0.2, -0.15) is 0 Å². The predicted octanol–water partition coefficient (Wildman–Crippen LogP) is 3.76. The third kappa shape index (κ3) is 4.57. The lowest BCUT2D eigenvalue weighted by Crippen LogP contribution is -2.24. The van der Waals surface area contributed by atoms with Crippen LogP contribution in [0.5, 0.6) is 5.75 Å². The van der Waals surface area contributed by atoms with Gasteiger partial charge in [-0.3, -0.25) is 4.98 Å². The van der Waals surface area contributed by atoms with Gasteiger partial charge in [-0.15, -0.1) is 0 Å². The number of nitrogens with one attached hydrogen (secondary N) is 1. The summed E-state index contributed by atoms with van der Waals surface area (Å²) < 4.78 is 5.95. The zero-order chi connectivity index (χ0) is 15.1. The van der Waals surface area contributed by atoms with E-state index in [0.717, 1.165) is 18.7 Å². The van der Waals surface area contributed by atoms with E-state index in [2.05, 4.69) is 49.3 Å². The summed E-state index contributed by atoms with van der Waals surface area (Å²) in [5, 5.41) is 3.55.